The molecule has 1 aromatic rings. The molecule has 1 amide bonds. The molecule has 0 aliphatic heterocycles. The lowest BCUT2D eigenvalue weighted by atomic mass is 9.86. The summed E-state index contributed by atoms with van der Waals surface area (Å²) in [6.45, 7) is 3.81. The SMILES string of the molecule is C[C@@H]1CCCC[C@@H]1NC(=O)CN(C)CCOc1ccccc1Cl. The fraction of sp³-hybridized carbons (Fsp3) is 0.611. The number of nitrogens with one attached hydrogen (secondary N) is 1. The van der Waals surface area contributed by atoms with Crippen LogP contribution in [0.5, 0.6) is 5.75 Å². The molecule has 1 saturated carbocycles. The number of benzene rings is 1. The molecule has 23 heavy (non-hydrogen) atoms. The van der Waals surface area contributed by atoms with Crippen LogP contribution in [0.3, 0.4) is 0 Å². The van der Waals surface area contributed by atoms with Crippen LogP contribution in [-0.2, 0) is 4.79 Å². The molecule has 2 rings (SSSR count). The van der Waals surface area contributed by atoms with Gasteiger partial charge in [-0.3, -0.25) is 9.69 Å². The third kappa shape index (κ3) is 6.04. The van der Waals surface area contributed by atoms with E-state index < -0.39 is 0 Å². The molecule has 0 heterocycles. The second-order valence-electron chi connectivity index (χ2n) is 6.45. The minimum Gasteiger partial charge on any atom is -0.491 e. The third-order valence-electron chi connectivity index (χ3n) is 4.44. The minimum absolute atomic E-state index is 0.101. The van der Waals surface area contributed by atoms with Gasteiger partial charge in [0.25, 0.3) is 0 Å². The van der Waals surface area contributed by atoms with Crippen molar-refractivity contribution in [3.05, 3.63) is 29.3 Å². The zero-order chi connectivity index (χ0) is 16.7. The summed E-state index contributed by atoms with van der Waals surface area (Å²) in [5, 5.41) is 3.78. The van der Waals surface area contributed by atoms with Gasteiger partial charge in [0.1, 0.15) is 12.4 Å². The summed E-state index contributed by atoms with van der Waals surface area (Å²) >= 11 is 6.04. The van der Waals surface area contributed by atoms with Crippen LogP contribution in [0.25, 0.3) is 0 Å². The van der Waals surface area contributed by atoms with Crippen LogP contribution < -0.4 is 10.1 Å². The molecule has 4 nitrogen and oxygen atoms in total. The molecule has 5 heteroatoms. The summed E-state index contributed by atoms with van der Waals surface area (Å²) in [5.74, 6) is 1.37. The molecule has 2 atom stereocenters. The van der Waals surface area contributed by atoms with Gasteiger partial charge < -0.3 is 10.1 Å². The van der Waals surface area contributed by atoms with Crippen molar-refractivity contribution in [1.29, 1.82) is 0 Å². The minimum atomic E-state index is 0.101. The van der Waals surface area contributed by atoms with Gasteiger partial charge in [0.15, 0.2) is 0 Å². The highest BCUT2D eigenvalue weighted by molar-refractivity contribution is 6.32. The second kappa shape index (κ2) is 9.14. The van der Waals surface area contributed by atoms with Gasteiger partial charge in [-0.15, -0.1) is 0 Å². The molecule has 0 bridgehead atoms. The number of nitrogens with zero attached hydrogens (tertiary/aromatic N) is 1. The summed E-state index contributed by atoms with van der Waals surface area (Å²) in [6, 6.07) is 7.75. The Morgan fingerprint density at radius 3 is 2.83 bits per heavy atom. The Kier molecular flexibility index (Phi) is 7.18. The Bertz CT molecular complexity index is 510. The lowest BCUT2D eigenvalue weighted by Gasteiger charge is -2.30. The normalized spacial score (nSPS) is 21.2. The third-order valence-corrected chi connectivity index (χ3v) is 4.75. The molecule has 0 saturated heterocycles. The van der Waals surface area contributed by atoms with E-state index in [2.05, 4.69) is 12.2 Å². The molecule has 0 spiro atoms. The predicted molar refractivity (Wildman–Crippen MR) is 94.0 cm³/mol. The fourth-order valence-corrected chi connectivity index (χ4v) is 3.17. The Balaban J connectivity index is 1.66. The van der Waals surface area contributed by atoms with Crippen LogP contribution in [0.4, 0.5) is 0 Å². The van der Waals surface area contributed by atoms with E-state index in [4.69, 9.17) is 16.3 Å². The first kappa shape index (κ1) is 18.1. The topological polar surface area (TPSA) is 41.6 Å². The summed E-state index contributed by atoms with van der Waals surface area (Å²) in [6.07, 6.45) is 4.82. The van der Waals surface area contributed by atoms with E-state index in [0.29, 0.717) is 42.4 Å². The highest BCUT2D eigenvalue weighted by Gasteiger charge is 2.22. The van der Waals surface area contributed by atoms with Crippen LogP contribution in [0.1, 0.15) is 32.6 Å². The lowest BCUT2D eigenvalue weighted by molar-refractivity contribution is -0.123. The monoisotopic (exact) mass is 338 g/mol. The zero-order valence-corrected chi connectivity index (χ0v) is 14.8. The average molecular weight is 339 g/mol. The predicted octanol–water partition coefficient (Wildman–Crippen LogP) is 3.35. The molecule has 1 aliphatic rings. The highest BCUT2D eigenvalue weighted by atomic mass is 35.5. The average Bonchev–Trinajstić information content (AvgIpc) is 2.51. The van der Waals surface area contributed by atoms with Gasteiger partial charge in [0, 0.05) is 12.6 Å². The number of likely N-dealkylation sites (N-methyl/N-ethyl adjacent to an activating group) is 1. The maximum absolute atomic E-state index is 12.1. The lowest BCUT2D eigenvalue weighted by Crippen LogP contribution is -2.45. The van der Waals surface area contributed by atoms with Crippen LogP contribution in [0.2, 0.25) is 5.02 Å². The van der Waals surface area contributed by atoms with E-state index in [-0.39, 0.29) is 5.91 Å². The number of carbonyl (C=O) groups excluding carboxylic acids is 1. The Morgan fingerprint density at radius 2 is 2.09 bits per heavy atom. The molecular formula is C18H27ClN2O2. The van der Waals surface area contributed by atoms with Crippen molar-refractivity contribution in [2.24, 2.45) is 5.92 Å². The van der Waals surface area contributed by atoms with Crippen molar-refractivity contribution in [2.45, 2.75) is 38.6 Å². The molecule has 0 unspecified atom stereocenters. The smallest absolute Gasteiger partial charge is 0.234 e. The van der Waals surface area contributed by atoms with Gasteiger partial charge >= 0.3 is 0 Å². The van der Waals surface area contributed by atoms with E-state index >= 15 is 0 Å². The molecule has 1 aromatic carbocycles. The van der Waals surface area contributed by atoms with Crippen LogP contribution in [0.15, 0.2) is 24.3 Å². The molecule has 1 aliphatic carbocycles. The number of hydrogen-bond donors (Lipinski definition) is 1. The van der Waals surface area contributed by atoms with E-state index in [0.717, 1.165) is 6.42 Å². The van der Waals surface area contributed by atoms with E-state index in [1.54, 1.807) is 6.07 Å². The number of amides is 1. The molecule has 1 N–H and O–H groups in total. The first-order valence-corrected chi connectivity index (χ1v) is 8.79. The van der Waals surface area contributed by atoms with Gasteiger partial charge in [-0.05, 0) is 37.9 Å². The van der Waals surface area contributed by atoms with Crippen molar-refractivity contribution < 1.29 is 9.53 Å². The first-order valence-electron chi connectivity index (χ1n) is 8.41. The second-order valence-corrected chi connectivity index (χ2v) is 6.86. The number of para-hydroxylation sites is 1. The van der Waals surface area contributed by atoms with Gasteiger partial charge in [-0.2, -0.15) is 0 Å². The summed E-state index contributed by atoms with van der Waals surface area (Å²) < 4.78 is 5.65. The van der Waals surface area contributed by atoms with Crippen LogP contribution in [0, 0.1) is 5.92 Å². The Labute approximate surface area is 144 Å². The summed E-state index contributed by atoms with van der Waals surface area (Å²) in [4.78, 5) is 14.1. The van der Waals surface area contributed by atoms with Gasteiger partial charge in [0.2, 0.25) is 5.91 Å². The first-order chi connectivity index (χ1) is 11.1. The molecule has 1 fully saturated rings. The van der Waals surface area contributed by atoms with Crippen molar-refractivity contribution in [3.8, 4) is 5.75 Å². The van der Waals surface area contributed by atoms with Gasteiger partial charge in [0.05, 0.1) is 11.6 Å². The summed E-state index contributed by atoms with van der Waals surface area (Å²) in [5.41, 5.74) is 0. The van der Waals surface area contributed by atoms with Crippen LogP contribution >= 0.6 is 11.6 Å². The maximum atomic E-state index is 12.1. The van der Waals surface area contributed by atoms with Gasteiger partial charge in [-0.25, -0.2) is 0 Å². The molecule has 128 valence electrons. The number of ether oxygens (including phenoxy) is 1. The number of hydrogen-bond acceptors (Lipinski definition) is 3. The van der Waals surface area contributed by atoms with Gasteiger partial charge in [-0.1, -0.05) is 43.5 Å². The van der Waals surface area contributed by atoms with Crippen molar-refractivity contribution in [2.75, 3.05) is 26.7 Å². The van der Waals surface area contributed by atoms with E-state index in [9.17, 15) is 4.79 Å². The van der Waals surface area contributed by atoms with Crippen molar-refractivity contribution in [3.63, 3.8) is 0 Å². The van der Waals surface area contributed by atoms with Crippen LogP contribution in [-0.4, -0.2) is 43.6 Å². The Hall–Kier alpha value is -1.26. The summed E-state index contributed by atoms with van der Waals surface area (Å²) in [7, 11) is 1.93. The highest BCUT2D eigenvalue weighted by Crippen LogP contribution is 2.24. The van der Waals surface area contributed by atoms with Crippen molar-refractivity contribution >= 4 is 17.5 Å². The molecule has 0 aromatic heterocycles. The van der Waals surface area contributed by atoms with Crippen molar-refractivity contribution in [1.82, 2.24) is 10.2 Å². The molecule has 0 radical (unpaired) electrons. The largest absolute Gasteiger partial charge is 0.491 e. The number of rotatable bonds is 7. The standard InChI is InChI=1S/C18H27ClN2O2/c1-14-7-3-5-9-16(14)20-18(22)13-21(2)11-12-23-17-10-6-4-8-15(17)19/h4,6,8,10,14,16H,3,5,7,9,11-13H2,1-2H3,(H,20,22)/t14-,16+/m1/s1. The Morgan fingerprint density at radius 1 is 1.35 bits per heavy atom. The number of halogens is 1. The maximum Gasteiger partial charge on any atom is 0.234 e. The number of carbonyl (C=O) groups is 1. The van der Waals surface area contributed by atoms with E-state index in [1.807, 2.05) is 30.1 Å². The quantitative estimate of drug-likeness (QED) is 0.829. The zero-order valence-electron chi connectivity index (χ0n) is 14.1. The fourth-order valence-electron chi connectivity index (χ4n) is 2.98. The molecular weight excluding hydrogens is 312 g/mol. The van der Waals surface area contributed by atoms with E-state index in [1.165, 1.54) is 19.3 Å².